The van der Waals surface area contributed by atoms with E-state index in [1.165, 1.54) is 0 Å². The Labute approximate surface area is 400 Å². The average Bonchev–Trinajstić information content (AvgIpc) is 3.33. The second-order valence-corrected chi connectivity index (χ2v) is 16.1. The maximum atomic E-state index is 12.7. The van der Waals surface area contributed by atoms with Crippen molar-refractivity contribution in [3.05, 3.63) is 131 Å². The van der Waals surface area contributed by atoms with Gasteiger partial charge in [-0.3, -0.25) is 14.4 Å². The van der Waals surface area contributed by atoms with Gasteiger partial charge in [-0.25, -0.2) is 9.59 Å². The molecule has 17 nitrogen and oxygen atoms in total. The number of carbonyl (C=O) groups excluding carboxylic acids is 5. The van der Waals surface area contributed by atoms with E-state index in [9.17, 15) is 34.1 Å². The van der Waals surface area contributed by atoms with Crippen molar-refractivity contribution >= 4 is 51.2 Å². The molecule has 0 aromatic heterocycles. The largest absolute Gasteiger partial charge is 0.466 e. The minimum atomic E-state index is -0.859. The smallest absolute Gasteiger partial charge is 0.332 e. The van der Waals surface area contributed by atoms with Crippen molar-refractivity contribution in [3.63, 3.8) is 0 Å². The van der Waals surface area contributed by atoms with Gasteiger partial charge < -0.3 is 38.0 Å². The van der Waals surface area contributed by atoms with Gasteiger partial charge >= 0.3 is 23.9 Å². The SMILES string of the molecule is C=C(COC(=O)COCC(=O)OCC(=C)Oc1ccc2ccc(C(C)C(=C)CCC(=O)OCCCCC#N)cc2c1)Oc1ccc2cc(C(C)C(=O)OCC(=O)CCCCCO[N+](=O)[O-])ccc2c1. The van der Waals surface area contributed by atoms with E-state index in [2.05, 4.69) is 30.6 Å². The molecule has 0 heterocycles. The van der Waals surface area contributed by atoms with E-state index in [1.54, 1.807) is 43.3 Å². The molecule has 0 aliphatic rings. The Bertz CT molecular complexity index is 2530. The van der Waals surface area contributed by atoms with Gasteiger partial charge in [-0.2, -0.15) is 5.26 Å². The molecule has 4 aromatic carbocycles. The van der Waals surface area contributed by atoms with E-state index in [0.717, 1.165) is 32.7 Å². The fourth-order valence-corrected chi connectivity index (χ4v) is 6.67. The summed E-state index contributed by atoms with van der Waals surface area (Å²) in [5, 5.41) is 21.4. The summed E-state index contributed by atoms with van der Waals surface area (Å²) in [6.07, 6.45) is 4.21. The van der Waals surface area contributed by atoms with Crippen molar-refractivity contribution in [1.29, 1.82) is 5.26 Å². The molecule has 0 fully saturated rings. The first-order valence-electron chi connectivity index (χ1n) is 22.4. The Balaban J connectivity index is 1.10. The lowest BCUT2D eigenvalue weighted by molar-refractivity contribution is -0.757. The second-order valence-electron chi connectivity index (χ2n) is 16.1. The van der Waals surface area contributed by atoms with Crippen LogP contribution in [0.15, 0.2) is 110 Å². The third-order valence-electron chi connectivity index (χ3n) is 10.7. The van der Waals surface area contributed by atoms with Gasteiger partial charge in [0.2, 0.25) is 0 Å². The molecule has 0 N–H and O–H groups in total. The normalized spacial score (nSPS) is 11.6. The molecule has 0 spiro atoms. The number of allylic oxidation sites excluding steroid dienone is 1. The van der Waals surface area contributed by atoms with Gasteiger partial charge in [0.25, 0.3) is 5.09 Å². The van der Waals surface area contributed by atoms with E-state index in [1.807, 2.05) is 43.3 Å². The number of unbranched alkanes of at least 4 members (excludes halogenated alkanes) is 4. The molecule has 0 bridgehead atoms. The molecule has 0 radical (unpaired) electrons. The van der Waals surface area contributed by atoms with Crippen LogP contribution in [0.25, 0.3) is 21.5 Å². The van der Waals surface area contributed by atoms with Crippen LogP contribution in [0.1, 0.15) is 94.6 Å². The van der Waals surface area contributed by atoms with Gasteiger partial charge in [0, 0.05) is 25.2 Å². The summed E-state index contributed by atoms with van der Waals surface area (Å²) in [5.41, 5.74) is 2.59. The summed E-state index contributed by atoms with van der Waals surface area (Å²) in [4.78, 5) is 76.0. The summed E-state index contributed by atoms with van der Waals surface area (Å²) in [5.74, 6) is -2.06. The highest BCUT2D eigenvalue weighted by Crippen LogP contribution is 2.31. The second kappa shape index (κ2) is 28.6. The summed E-state index contributed by atoms with van der Waals surface area (Å²) in [6, 6.07) is 24.2. The predicted octanol–water partition coefficient (Wildman–Crippen LogP) is 9.24. The minimum absolute atomic E-state index is 0.0231. The quantitative estimate of drug-likeness (QED) is 0.00845. The minimum Gasteiger partial charge on any atom is -0.466 e. The van der Waals surface area contributed by atoms with Crippen LogP contribution < -0.4 is 9.47 Å². The molecule has 4 rings (SSSR count). The highest BCUT2D eigenvalue weighted by Gasteiger charge is 2.19. The number of esters is 4. The zero-order chi connectivity index (χ0) is 50.1. The molecule has 2 atom stereocenters. The van der Waals surface area contributed by atoms with Gasteiger partial charge in [0.05, 0.1) is 25.2 Å². The number of benzene rings is 4. The molecule has 0 amide bonds. The highest BCUT2D eigenvalue weighted by molar-refractivity contribution is 5.88. The van der Waals surface area contributed by atoms with E-state index in [0.29, 0.717) is 68.6 Å². The highest BCUT2D eigenvalue weighted by atomic mass is 16.9. The maximum Gasteiger partial charge on any atom is 0.332 e. The molecule has 366 valence electrons. The topological polar surface area (TPSA) is 226 Å². The molecule has 0 aliphatic heterocycles. The van der Waals surface area contributed by atoms with Crippen LogP contribution in [0.5, 0.6) is 11.5 Å². The van der Waals surface area contributed by atoms with Gasteiger partial charge in [0.1, 0.15) is 56.1 Å². The summed E-state index contributed by atoms with van der Waals surface area (Å²) in [6.45, 7) is 13.9. The number of nitrogens with zero attached hydrogens (tertiary/aromatic N) is 2. The third-order valence-corrected chi connectivity index (χ3v) is 10.7. The van der Waals surface area contributed by atoms with Gasteiger partial charge in [-0.15, -0.1) is 10.1 Å². The first kappa shape index (κ1) is 54.0. The Morgan fingerprint density at radius 3 is 1.81 bits per heavy atom. The molecular weight excluding hydrogens is 893 g/mol. The fraction of sp³-hybridized carbons (Fsp3) is 0.385. The number of ketones is 1. The van der Waals surface area contributed by atoms with Crippen LogP contribution in [0, 0.1) is 21.4 Å². The summed E-state index contributed by atoms with van der Waals surface area (Å²) < 4.78 is 37.6. The van der Waals surface area contributed by atoms with E-state index in [4.69, 9.17) is 38.4 Å². The number of carbonyl (C=O) groups is 5. The van der Waals surface area contributed by atoms with E-state index >= 15 is 0 Å². The van der Waals surface area contributed by atoms with Crippen LogP contribution in [0.3, 0.4) is 0 Å². The molecule has 2 unspecified atom stereocenters. The van der Waals surface area contributed by atoms with Crippen LogP contribution in [0.4, 0.5) is 0 Å². The van der Waals surface area contributed by atoms with E-state index < -0.39 is 42.1 Å². The lowest BCUT2D eigenvalue weighted by Gasteiger charge is -2.16. The molecule has 0 aliphatic carbocycles. The number of hydrogen-bond donors (Lipinski definition) is 0. The molecule has 0 saturated heterocycles. The number of fused-ring (bicyclic) bond motifs is 2. The number of hydrogen-bond acceptors (Lipinski definition) is 16. The third kappa shape index (κ3) is 19.7. The lowest BCUT2D eigenvalue weighted by Crippen LogP contribution is -2.20. The van der Waals surface area contributed by atoms with E-state index in [-0.39, 0.29) is 68.5 Å². The Hall–Kier alpha value is -7.58. The molecular formula is C52H58N2O15. The number of ether oxygens (including phenoxy) is 7. The predicted molar refractivity (Wildman–Crippen MR) is 253 cm³/mol. The molecule has 17 heteroatoms. The van der Waals surface area contributed by atoms with Crippen molar-refractivity contribution in [3.8, 4) is 17.6 Å². The average molecular weight is 951 g/mol. The number of nitriles is 1. The van der Waals surface area contributed by atoms with Crippen molar-refractivity contribution in [2.75, 3.05) is 46.2 Å². The lowest BCUT2D eigenvalue weighted by atomic mass is 9.90. The molecule has 69 heavy (non-hydrogen) atoms. The van der Waals surface area contributed by atoms with Gasteiger partial charge in [-0.1, -0.05) is 87.2 Å². The zero-order valence-corrected chi connectivity index (χ0v) is 39.0. The Kier molecular flexibility index (Phi) is 22.4. The summed E-state index contributed by atoms with van der Waals surface area (Å²) in [7, 11) is 0. The zero-order valence-electron chi connectivity index (χ0n) is 39.0. The monoisotopic (exact) mass is 950 g/mol. The van der Waals surface area contributed by atoms with Crippen LogP contribution in [-0.4, -0.2) is 81.0 Å². The fourth-order valence-electron chi connectivity index (χ4n) is 6.67. The molecule has 0 saturated carbocycles. The Morgan fingerprint density at radius 2 is 1.16 bits per heavy atom. The van der Waals surface area contributed by atoms with Crippen LogP contribution >= 0.6 is 0 Å². The summed E-state index contributed by atoms with van der Waals surface area (Å²) >= 11 is 0. The van der Waals surface area contributed by atoms with Gasteiger partial charge in [0.15, 0.2) is 5.78 Å². The first-order chi connectivity index (χ1) is 33.1. The molecule has 4 aromatic rings. The van der Waals surface area contributed by atoms with Crippen molar-refractivity contribution < 1.29 is 67.1 Å². The Morgan fingerprint density at radius 1 is 0.594 bits per heavy atom. The standard InChI is InChI=1S/C52H58N2O15/c1-35(13-22-49(56)63-24-10-7-9-23-53)38(4)41-15-14-40-18-20-48(29-45(40)27-41)69-37(3)31-65-51(58)34-62-33-50(57)64-30-36(2)68-47-21-19-43-26-42(16-17-44(43)28-47)39(5)52(59)66-32-46(55)12-8-6-11-25-67-54(60)61/h14-21,26-29,38-39H,1-3,6-13,22,24-25,30-34H2,4-5H3. The van der Waals surface area contributed by atoms with Crippen molar-refractivity contribution in [2.24, 2.45) is 0 Å². The maximum absolute atomic E-state index is 12.7. The van der Waals surface area contributed by atoms with Crippen LogP contribution in [0.2, 0.25) is 0 Å². The van der Waals surface area contributed by atoms with Crippen molar-refractivity contribution in [2.45, 2.75) is 83.5 Å². The van der Waals surface area contributed by atoms with Gasteiger partial charge in [-0.05, 0) is 96.0 Å². The number of Topliss-reactive ketones (excluding diaryl/α,β-unsaturated/α-hetero) is 1. The first-order valence-corrected chi connectivity index (χ1v) is 22.4. The van der Waals surface area contributed by atoms with Crippen molar-refractivity contribution in [1.82, 2.24) is 0 Å². The van der Waals surface area contributed by atoms with Crippen LogP contribution in [-0.2, 0) is 52.5 Å². The number of rotatable bonds is 32.